The van der Waals surface area contributed by atoms with Crippen molar-refractivity contribution in [2.75, 3.05) is 18.8 Å². The standard InChI is InChI=1S/C29H28N8S.C26H22N8OS.C23H16N8OS.C23H15N7OS/c1-17-6-7-25(38-17)23-15-32-16-24-26(23)35-29(34-24)27-22-9-21(14-33-28(22)37-36-27)20-8-19(12-31-13-20)11-30-10-18-4-2-3-5-18;1-3-27-8-15-6-16(10-28-9-15)17-7-18-24(33-34-25(18)30-11-17)26-31-20-13-29-12-19(23(20)32-26)22-5-4-21(36-22)14(2)35;1-11(32)18-2-3-19(33-18)16-9-26-10-17-20(16)29-23(28-17)21-15-5-13(7-27-22(15)31-30-21)12-4-14(24)8-25-6-12;1-12(31)18-4-5-19(32-18)16-10-25-11-17-20(16)28-23(27-17)21-15-7-14(9-26-22(15)30-29-21)13-3-2-6-24-8-13/h6-9,12-16,18,30H,2-5,10-11H2,1H3,(H,34,35)(H,33,36,37);4-7,9-13,27H,3,8H2,1-2H3,(H,31,32)(H,30,33,34);2-10H,24H2,1H3,(H,28,29)(H,27,30,31);2-11H,1H3,(H,27,28)(H,26,29,30). The highest BCUT2D eigenvalue weighted by Gasteiger charge is 2.26. The summed E-state index contributed by atoms with van der Waals surface area (Å²) < 4.78 is 0. The normalized spacial score (nSPS) is 12.2. The maximum absolute atomic E-state index is 11.8. The number of nitrogens with zero attached hydrogens (tertiary/aromatic N) is 20. The van der Waals surface area contributed by atoms with Crippen molar-refractivity contribution in [1.82, 2.24) is 151 Å². The number of aryl methyl sites for hydroxylation is 1. The van der Waals surface area contributed by atoms with Crippen molar-refractivity contribution >= 4 is 157 Å². The highest BCUT2D eigenvalue weighted by molar-refractivity contribution is 7.18. The number of pyridine rings is 12. The van der Waals surface area contributed by atoms with E-state index in [1.165, 1.54) is 70.1 Å². The molecular formula is C101H81N31O3S4. The van der Waals surface area contributed by atoms with E-state index in [2.05, 4.69) is 181 Å². The lowest BCUT2D eigenvalue weighted by atomic mass is 10.1. The first-order chi connectivity index (χ1) is 68.0. The molecule has 25 rings (SSSR count). The van der Waals surface area contributed by atoms with E-state index in [1.807, 2.05) is 116 Å². The first-order valence-corrected chi connectivity index (χ1v) is 47.9. The smallest absolute Gasteiger partial charge is 0.181 e. The molecule has 0 radical (unpaired) electrons. The van der Waals surface area contributed by atoms with Gasteiger partial charge in [-0.3, -0.25) is 74.7 Å². The van der Waals surface area contributed by atoms with Gasteiger partial charge in [-0.2, -0.15) is 20.4 Å². The Bertz CT molecular complexity index is 8780. The number of thiophene rings is 4. The molecule has 0 aromatic carbocycles. The van der Waals surface area contributed by atoms with Crippen LogP contribution in [0.25, 0.3) is 221 Å². The number of anilines is 1. The van der Waals surface area contributed by atoms with Crippen molar-refractivity contribution in [3.63, 3.8) is 0 Å². The number of aromatic nitrogens is 28. The molecule has 682 valence electrons. The molecular weight excluding hydrogens is 1820 g/mol. The molecule has 0 aliphatic heterocycles. The van der Waals surface area contributed by atoms with E-state index in [4.69, 9.17) is 25.7 Å². The fourth-order valence-corrected chi connectivity index (χ4v) is 20.6. The van der Waals surface area contributed by atoms with Crippen molar-refractivity contribution in [2.24, 2.45) is 5.92 Å². The van der Waals surface area contributed by atoms with Crippen LogP contribution in [0.15, 0.2) is 227 Å². The van der Waals surface area contributed by atoms with Gasteiger partial charge in [0.05, 0.1) is 88.7 Å². The average Bonchev–Trinajstić information content (AvgIpc) is 1.62. The van der Waals surface area contributed by atoms with E-state index in [9.17, 15) is 14.4 Å². The molecule has 139 heavy (non-hydrogen) atoms. The van der Waals surface area contributed by atoms with Crippen molar-refractivity contribution in [3.8, 4) is 132 Å². The number of carbonyl (C=O) groups is 3. The Morgan fingerprint density at radius 1 is 0.367 bits per heavy atom. The largest absolute Gasteiger partial charge is 0.397 e. The van der Waals surface area contributed by atoms with Gasteiger partial charge in [0.2, 0.25) is 0 Å². The molecule has 0 atom stereocenters. The summed E-state index contributed by atoms with van der Waals surface area (Å²) in [6.07, 6.45) is 41.3. The van der Waals surface area contributed by atoms with Crippen LogP contribution in [0.2, 0.25) is 0 Å². The van der Waals surface area contributed by atoms with Crippen LogP contribution in [0, 0.1) is 12.8 Å². The van der Waals surface area contributed by atoms with Gasteiger partial charge in [-0.15, -0.1) is 45.3 Å². The Balaban J connectivity index is 0.000000107. The number of nitrogen functional groups attached to an aromatic ring is 1. The Morgan fingerprint density at radius 3 is 1.05 bits per heavy atom. The van der Waals surface area contributed by atoms with Gasteiger partial charge in [-0.05, 0) is 168 Å². The molecule has 1 aliphatic carbocycles. The van der Waals surface area contributed by atoms with Gasteiger partial charge in [0.1, 0.15) is 44.8 Å². The molecule has 24 heterocycles. The number of nitrogens with two attached hydrogens (primary N) is 1. The predicted molar refractivity (Wildman–Crippen MR) is 543 cm³/mol. The van der Waals surface area contributed by atoms with E-state index >= 15 is 0 Å². The van der Waals surface area contributed by atoms with Gasteiger partial charge < -0.3 is 36.3 Å². The Hall–Kier alpha value is -16.9. The number of hydrogen-bond acceptors (Lipinski definition) is 30. The zero-order chi connectivity index (χ0) is 94.3. The second-order valence-corrected chi connectivity index (χ2v) is 38.0. The average molecular weight is 1910 g/mol. The summed E-state index contributed by atoms with van der Waals surface area (Å²) >= 11 is 6.05. The molecule has 1 aliphatic rings. The SMILES string of the molecule is CC(=O)c1ccc(-c2cncc3[nH]c(-c4[nH]nc5ncc(-c6cccnc6)cc45)nc23)s1.CC(=O)c1ccc(-c2cncc3[nH]c(-c4[nH]nc5ncc(-c6cncc(N)c6)cc45)nc23)s1.CCNCc1cncc(-c2cnc3n[nH]c(-c4nc5c(-c6ccc(C(C)=O)s6)cncc5[nH]4)c3c2)c1.Cc1ccc(-c2cncc3[nH]c(-c4[nH]nc5ncc(-c6cncc(CNCC7CCCC7)c6)cc45)nc23)s1. The van der Waals surface area contributed by atoms with Crippen LogP contribution in [-0.2, 0) is 13.1 Å². The molecule has 0 amide bonds. The summed E-state index contributed by atoms with van der Waals surface area (Å²) in [7, 11) is 0. The highest BCUT2D eigenvalue weighted by atomic mass is 32.1. The number of nitrogens with one attached hydrogen (secondary N) is 10. The summed E-state index contributed by atoms with van der Waals surface area (Å²) in [5.74, 6) is 3.57. The first-order valence-electron chi connectivity index (χ1n) is 44.6. The summed E-state index contributed by atoms with van der Waals surface area (Å²) in [5, 5.41) is 40.3. The maximum Gasteiger partial charge on any atom is 0.181 e. The van der Waals surface area contributed by atoms with Crippen LogP contribution in [-0.4, -0.2) is 171 Å². The summed E-state index contributed by atoms with van der Waals surface area (Å²) in [5.41, 5.74) is 32.0. The zero-order valence-corrected chi connectivity index (χ0v) is 78.2. The van der Waals surface area contributed by atoms with E-state index in [1.54, 1.807) is 106 Å². The zero-order valence-electron chi connectivity index (χ0n) is 75.0. The lowest BCUT2D eigenvalue weighted by Gasteiger charge is -2.11. The lowest BCUT2D eigenvalue weighted by molar-refractivity contribution is 0.101. The number of fused-ring (bicyclic) bond motifs is 8. The minimum absolute atomic E-state index is 0.0386. The summed E-state index contributed by atoms with van der Waals surface area (Å²) in [6, 6.07) is 33.8. The van der Waals surface area contributed by atoms with Crippen LogP contribution in [0.4, 0.5) is 5.69 Å². The maximum atomic E-state index is 11.8. The monoisotopic (exact) mass is 1900 g/mol. The summed E-state index contributed by atoms with van der Waals surface area (Å²) in [6.45, 7) is 12.5. The third-order valence-electron chi connectivity index (χ3n) is 24.0. The Labute approximate surface area is 804 Å². The molecule has 0 spiro atoms. The van der Waals surface area contributed by atoms with Gasteiger partial charge in [0.25, 0.3) is 0 Å². The van der Waals surface area contributed by atoms with Crippen molar-refractivity contribution in [2.45, 2.75) is 73.4 Å². The second kappa shape index (κ2) is 37.7. The number of carbonyl (C=O) groups excluding carboxylic acids is 3. The number of aromatic amines is 8. The molecule has 24 aromatic rings. The number of rotatable bonds is 22. The molecule has 34 nitrogen and oxygen atoms in total. The van der Waals surface area contributed by atoms with Crippen molar-refractivity contribution in [3.05, 3.63) is 258 Å². The van der Waals surface area contributed by atoms with Crippen LogP contribution < -0.4 is 16.4 Å². The number of H-pyrrole nitrogens is 8. The molecule has 24 aromatic heterocycles. The van der Waals surface area contributed by atoms with Crippen LogP contribution in [0.3, 0.4) is 0 Å². The molecule has 12 N–H and O–H groups in total. The minimum atomic E-state index is 0.0386. The quantitative estimate of drug-likeness (QED) is 0.0281. The molecule has 0 saturated heterocycles. The third kappa shape index (κ3) is 17.9. The Kier molecular flexibility index (Phi) is 23.7. The first kappa shape index (κ1) is 87.4. The van der Waals surface area contributed by atoms with E-state index in [0.717, 1.165) is 207 Å². The number of imidazole rings is 4. The van der Waals surface area contributed by atoms with Crippen molar-refractivity contribution in [1.29, 1.82) is 0 Å². The lowest BCUT2D eigenvalue weighted by Crippen LogP contribution is -2.20. The number of Topliss-reactive ketones (excluding diaryl/α,β-unsaturated/α-hetero) is 3. The fourth-order valence-electron chi connectivity index (χ4n) is 17.0. The minimum Gasteiger partial charge on any atom is -0.397 e. The van der Waals surface area contributed by atoms with Gasteiger partial charge >= 0.3 is 0 Å². The number of hydrogen-bond donors (Lipinski definition) is 11. The molecule has 0 bridgehead atoms. The predicted octanol–water partition coefficient (Wildman–Crippen LogP) is 20.6. The van der Waals surface area contributed by atoms with E-state index in [-0.39, 0.29) is 17.3 Å². The van der Waals surface area contributed by atoms with E-state index < -0.39 is 0 Å². The van der Waals surface area contributed by atoms with Gasteiger partial charge in [0, 0.05) is 203 Å². The molecule has 1 fully saturated rings. The fraction of sp³-hybridized carbons (Fsp3) is 0.139. The second-order valence-electron chi connectivity index (χ2n) is 33.5. The van der Waals surface area contributed by atoms with Crippen molar-refractivity contribution < 1.29 is 14.4 Å². The van der Waals surface area contributed by atoms with Crippen LogP contribution >= 0.6 is 45.3 Å². The van der Waals surface area contributed by atoms with Gasteiger partial charge in [-0.1, -0.05) is 25.8 Å². The van der Waals surface area contributed by atoms with Crippen LogP contribution in [0.5, 0.6) is 0 Å². The summed E-state index contributed by atoms with van der Waals surface area (Å²) in [4.78, 5) is 129. The highest BCUT2D eigenvalue weighted by Crippen LogP contribution is 2.42. The molecule has 1 saturated carbocycles. The molecule has 0 unspecified atom stereocenters. The number of ketones is 3. The third-order valence-corrected chi connectivity index (χ3v) is 28.7. The van der Waals surface area contributed by atoms with Crippen LogP contribution in [0.1, 0.15) is 98.4 Å². The van der Waals surface area contributed by atoms with E-state index in [0.29, 0.717) is 71.9 Å². The van der Waals surface area contributed by atoms with Gasteiger partial charge in [0.15, 0.2) is 63.2 Å². The molecule has 38 heteroatoms. The topological polar surface area (TPSA) is 485 Å². The van der Waals surface area contributed by atoms with Gasteiger partial charge in [-0.25, -0.2) is 39.9 Å². The Morgan fingerprint density at radius 2 is 0.705 bits per heavy atom.